The van der Waals surface area contributed by atoms with Crippen LogP contribution in [-0.2, 0) is 16.1 Å². The largest absolute Gasteiger partial charge is 0.467 e. The first kappa shape index (κ1) is 16.2. The number of furan rings is 1. The smallest absolute Gasteiger partial charge is 0.422 e. The van der Waals surface area contributed by atoms with Crippen molar-refractivity contribution in [3.8, 4) is 0 Å². The molecule has 1 saturated heterocycles. The van der Waals surface area contributed by atoms with E-state index in [1.165, 1.54) is 6.26 Å². The molecule has 0 saturated carbocycles. The van der Waals surface area contributed by atoms with Gasteiger partial charge in [-0.3, -0.25) is 9.69 Å². The third-order valence-corrected chi connectivity index (χ3v) is 3.17. The van der Waals surface area contributed by atoms with Gasteiger partial charge in [0, 0.05) is 6.54 Å². The maximum Gasteiger partial charge on any atom is 0.422 e. The quantitative estimate of drug-likeness (QED) is 0.922. The third kappa shape index (κ3) is 4.40. The molecule has 6 nitrogen and oxygen atoms in total. The van der Waals surface area contributed by atoms with Crippen LogP contribution in [0.25, 0.3) is 0 Å². The molecule has 0 bridgehead atoms. The topological polar surface area (TPSA) is 71.8 Å². The van der Waals surface area contributed by atoms with Crippen LogP contribution in [0.1, 0.15) is 18.6 Å². The summed E-state index contributed by atoms with van der Waals surface area (Å²) in [6.45, 7) is -1.33. The van der Waals surface area contributed by atoms with Crippen molar-refractivity contribution in [1.29, 1.82) is 0 Å². The first-order valence-electron chi connectivity index (χ1n) is 6.67. The summed E-state index contributed by atoms with van der Waals surface area (Å²) in [6, 6.07) is 2.51. The van der Waals surface area contributed by atoms with E-state index < -0.39 is 30.8 Å². The van der Waals surface area contributed by atoms with E-state index in [1.54, 1.807) is 12.1 Å². The molecule has 0 aliphatic carbocycles. The zero-order valence-corrected chi connectivity index (χ0v) is 11.6. The summed E-state index contributed by atoms with van der Waals surface area (Å²) in [5.74, 6) is 0.0930. The van der Waals surface area contributed by atoms with Crippen LogP contribution in [0.2, 0.25) is 0 Å². The highest BCUT2D eigenvalue weighted by molar-refractivity contribution is 5.86. The average molecular weight is 320 g/mol. The second-order valence-corrected chi connectivity index (χ2v) is 4.82. The molecular weight excluding hydrogens is 305 g/mol. The Kier molecular flexibility index (Phi) is 4.94. The zero-order valence-electron chi connectivity index (χ0n) is 11.6. The van der Waals surface area contributed by atoms with Gasteiger partial charge in [-0.15, -0.1) is 0 Å². The van der Waals surface area contributed by atoms with E-state index in [1.807, 2.05) is 0 Å². The number of amides is 2. The fourth-order valence-electron chi connectivity index (χ4n) is 2.19. The summed E-state index contributed by atoms with van der Waals surface area (Å²) in [5, 5.41) is 2.58. The van der Waals surface area contributed by atoms with Gasteiger partial charge in [0.1, 0.15) is 11.8 Å². The van der Waals surface area contributed by atoms with Crippen molar-refractivity contribution in [2.45, 2.75) is 31.6 Å². The number of likely N-dealkylation sites (tertiary alicyclic amines) is 1. The van der Waals surface area contributed by atoms with Gasteiger partial charge in [-0.2, -0.15) is 13.2 Å². The van der Waals surface area contributed by atoms with Crippen molar-refractivity contribution >= 4 is 12.0 Å². The molecule has 1 N–H and O–H groups in total. The lowest BCUT2D eigenvalue weighted by atomic mass is 10.2. The maximum atomic E-state index is 12.1. The van der Waals surface area contributed by atoms with E-state index in [2.05, 4.69) is 10.1 Å². The van der Waals surface area contributed by atoms with Crippen LogP contribution in [0, 0.1) is 0 Å². The summed E-state index contributed by atoms with van der Waals surface area (Å²) in [7, 11) is 0. The molecule has 0 spiro atoms. The molecule has 2 rings (SSSR count). The van der Waals surface area contributed by atoms with Gasteiger partial charge in [-0.25, -0.2) is 4.79 Å². The van der Waals surface area contributed by atoms with Crippen LogP contribution >= 0.6 is 0 Å². The second-order valence-electron chi connectivity index (χ2n) is 4.82. The van der Waals surface area contributed by atoms with E-state index in [9.17, 15) is 22.8 Å². The van der Waals surface area contributed by atoms with E-state index in [0.717, 1.165) is 4.90 Å². The lowest BCUT2D eigenvalue weighted by Crippen LogP contribution is -2.46. The number of carbonyl (C=O) groups excluding carboxylic acids is 2. The molecular formula is C13H15F3N2O4. The number of carbonyl (C=O) groups is 2. The van der Waals surface area contributed by atoms with Crippen molar-refractivity contribution in [2.24, 2.45) is 0 Å². The Morgan fingerprint density at radius 1 is 1.45 bits per heavy atom. The Hall–Kier alpha value is -2.19. The van der Waals surface area contributed by atoms with Crippen LogP contribution in [0.4, 0.5) is 18.0 Å². The SMILES string of the molecule is O=C(NCc1ccco1)C1CCCN1C(=O)OCC(F)(F)F. The van der Waals surface area contributed by atoms with Gasteiger partial charge in [-0.05, 0) is 25.0 Å². The number of ether oxygens (including phenoxy) is 1. The Bertz CT molecular complexity index is 516. The molecule has 9 heteroatoms. The molecule has 1 fully saturated rings. The van der Waals surface area contributed by atoms with Gasteiger partial charge in [0.25, 0.3) is 0 Å². The predicted octanol–water partition coefficient (Wildman–Crippen LogP) is 2.06. The first-order chi connectivity index (χ1) is 10.4. The fraction of sp³-hybridized carbons (Fsp3) is 0.538. The summed E-state index contributed by atoms with van der Waals surface area (Å²) in [4.78, 5) is 24.7. The summed E-state index contributed by atoms with van der Waals surface area (Å²) in [6.07, 6.45) is -3.36. The molecule has 0 aromatic carbocycles. The second kappa shape index (κ2) is 6.71. The van der Waals surface area contributed by atoms with Crippen molar-refractivity contribution in [1.82, 2.24) is 10.2 Å². The van der Waals surface area contributed by atoms with Gasteiger partial charge in [0.05, 0.1) is 12.8 Å². The monoisotopic (exact) mass is 320 g/mol. The van der Waals surface area contributed by atoms with Crippen LogP contribution in [-0.4, -0.2) is 42.3 Å². The lowest BCUT2D eigenvalue weighted by molar-refractivity contribution is -0.162. The minimum atomic E-state index is -4.59. The third-order valence-electron chi connectivity index (χ3n) is 3.17. The van der Waals surface area contributed by atoms with Gasteiger partial charge >= 0.3 is 12.3 Å². The highest BCUT2D eigenvalue weighted by atomic mass is 19.4. The summed E-state index contributed by atoms with van der Waals surface area (Å²) < 4.78 is 45.4. The molecule has 2 amide bonds. The summed E-state index contributed by atoms with van der Waals surface area (Å²) in [5.41, 5.74) is 0. The summed E-state index contributed by atoms with van der Waals surface area (Å²) >= 11 is 0. The van der Waals surface area contributed by atoms with Gasteiger partial charge in [-0.1, -0.05) is 0 Å². The molecule has 1 unspecified atom stereocenters. The average Bonchev–Trinajstić information content (AvgIpc) is 3.12. The van der Waals surface area contributed by atoms with Crippen LogP contribution in [0.5, 0.6) is 0 Å². The molecule has 1 atom stereocenters. The minimum absolute atomic E-state index is 0.147. The van der Waals surface area contributed by atoms with Crippen LogP contribution < -0.4 is 5.32 Å². The Balaban J connectivity index is 1.86. The van der Waals surface area contributed by atoms with E-state index in [0.29, 0.717) is 18.6 Å². The van der Waals surface area contributed by atoms with Crippen molar-refractivity contribution < 1.29 is 31.9 Å². The van der Waals surface area contributed by atoms with Crippen LogP contribution in [0.15, 0.2) is 22.8 Å². The standard InChI is InChI=1S/C13H15F3N2O4/c14-13(15,16)8-22-12(20)18-5-1-4-10(18)11(19)17-7-9-3-2-6-21-9/h2-3,6,10H,1,4-5,7-8H2,(H,17,19). The number of halogens is 3. The Morgan fingerprint density at radius 2 is 2.23 bits per heavy atom. The number of hydrogen-bond acceptors (Lipinski definition) is 4. The zero-order chi connectivity index (χ0) is 16.2. The Morgan fingerprint density at radius 3 is 2.86 bits per heavy atom. The fourth-order valence-corrected chi connectivity index (χ4v) is 2.19. The number of alkyl halides is 3. The first-order valence-corrected chi connectivity index (χ1v) is 6.67. The molecule has 0 radical (unpaired) electrons. The van der Waals surface area contributed by atoms with E-state index in [4.69, 9.17) is 4.42 Å². The molecule has 1 aromatic heterocycles. The number of hydrogen-bond donors (Lipinski definition) is 1. The van der Waals surface area contributed by atoms with Gasteiger partial charge < -0.3 is 14.5 Å². The Labute approximate surface area is 124 Å². The van der Waals surface area contributed by atoms with Gasteiger partial charge in [0.2, 0.25) is 5.91 Å². The highest BCUT2D eigenvalue weighted by Crippen LogP contribution is 2.21. The molecule has 1 aliphatic heterocycles. The van der Waals surface area contributed by atoms with E-state index in [-0.39, 0.29) is 13.1 Å². The lowest BCUT2D eigenvalue weighted by Gasteiger charge is -2.23. The van der Waals surface area contributed by atoms with Crippen molar-refractivity contribution in [3.05, 3.63) is 24.2 Å². The number of nitrogens with zero attached hydrogens (tertiary/aromatic N) is 1. The molecule has 1 aromatic rings. The number of rotatable bonds is 4. The molecule has 122 valence electrons. The molecule has 2 heterocycles. The molecule has 22 heavy (non-hydrogen) atoms. The van der Waals surface area contributed by atoms with E-state index >= 15 is 0 Å². The maximum absolute atomic E-state index is 12.1. The highest BCUT2D eigenvalue weighted by Gasteiger charge is 2.37. The molecule has 1 aliphatic rings. The van der Waals surface area contributed by atoms with Crippen molar-refractivity contribution in [2.75, 3.05) is 13.2 Å². The van der Waals surface area contributed by atoms with Gasteiger partial charge in [0.15, 0.2) is 6.61 Å². The number of nitrogens with one attached hydrogen (secondary N) is 1. The van der Waals surface area contributed by atoms with Crippen molar-refractivity contribution in [3.63, 3.8) is 0 Å². The predicted molar refractivity (Wildman–Crippen MR) is 67.7 cm³/mol. The normalized spacial score (nSPS) is 18.3. The minimum Gasteiger partial charge on any atom is -0.467 e. The van der Waals surface area contributed by atoms with Crippen LogP contribution in [0.3, 0.4) is 0 Å².